The highest BCUT2D eigenvalue weighted by Crippen LogP contribution is 2.51. The highest BCUT2D eigenvalue weighted by molar-refractivity contribution is 6.23. The molecule has 0 saturated carbocycles. The van der Waals surface area contributed by atoms with Crippen molar-refractivity contribution in [2.75, 3.05) is 7.11 Å². The van der Waals surface area contributed by atoms with Crippen molar-refractivity contribution in [3.8, 4) is 0 Å². The zero-order valence-corrected chi connectivity index (χ0v) is 12.2. The SMILES string of the molecule is COC(=O)[C@H]1C[C@@H]2OC(=O)[C@H]1c1c2ccc2c1C(=O)C=CC2=O. The third-order valence-corrected chi connectivity index (χ3v) is 4.72. The fraction of sp³-hybridized carbons (Fsp3) is 0.294. The van der Waals surface area contributed by atoms with Crippen LogP contribution in [0.3, 0.4) is 0 Å². The average molecular weight is 312 g/mol. The lowest BCUT2D eigenvalue weighted by Crippen LogP contribution is -2.43. The van der Waals surface area contributed by atoms with Crippen LogP contribution in [0.15, 0.2) is 24.3 Å². The van der Waals surface area contributed by atoms with Gasteiger partial charge < -0.3 is 9.47 Å². The van der Waals surface area contributed by atoms with Crippen molar-refractivity contribution in [1.82, 2.24) is 0 Å². The molecule has 4 aliphatic rings. The molecule has 6 nitrogen and oxygen atoms in total. The van der Waals surface area contributed by atoms with Crippen LogP contribution < -0.4 is 0 Å². The molecule has 1 fully saturated rings. The van der Waals surface area contributed by atoms with Gasteiger partial charge in [0.2, 0.25) is 0 Å². The van der Waals surface area contributed by atoms with Crippen LogP contribution in [0.2, 0.25) is 0 Å². The number of ether oxygens (including phenoxy) is 2. The molecule has 0 aromatic heterocycles. The molecule has 23 heavy (non-hydrogen) atoms. The van der Waals surface area contributed by atoms with E-state index in [2.05, 4.69) is 0 Å². The van der Waals surface area contributed by atoms with E-state index in [0.717, 1.165) is 0 Å². The van der Waals surface area contributed by atoms with Crippen LogP contribution in [-0.4, -0.2) is 30.6 Å². The molecule has 1 saturated heterocycles. The predicted molar refractivity (Wildman–Crippen MR) is 75.9 cm³/mol. The van der Waals surface area contributed by atoms with Gasteiger partial charge in [0.15, 0.2) is 11.6 Å². The van der Waals surface area contributed by atoms with Crippen molar-refractivity contribution in [3.63, 3.8) is 0 Å². The number of fused-ring (bicyclic) bond motifs is 3. The number of ketones is 2. The molecule has 1 aromatic carbocycles. The van der Waals surface area contributed by atoms with Gasteiger partial charge in [-0.3, -0.25) is 19.2 Å². The summed E-state index contributed by atoms with van der Waals surface area (Å²) in [5, 5.41) is 0. The van der Waals surface area contributed by atoms with Gasteiger partial charge >= 0.3 is 11.9 Å². The third-order valence-electron chi connectivity index (χ3n) is 4.72. The first-order valence-electron chi connectivity index (χ1n) is 7.24. The summed E-state index contributed by atoms with van der Waals surface area (Å²) in [7, 11) is 1.26. The lowest BCUT2D eigenvalue weighted by molar-refractivity contribution is -0.172. The first kappa shape index (κ1) is 13.9. The van der Waals surface area contributed by atoms with Gasteiger partial charge in [0.05, 0.1) is 18.9 Å². The maximum absolute atomic E-state index is 12.3. The molecule has 2 aliphatic carbocycles. The number of methoxy groups -OCH3 is 1. The smallest absolute Gasteiger partial charge is 0.314 e. The summed E-state index contributed by atoms with van der Waals surface area (Å²) in [6.07, 6.45) is 2.15. The van der Waals surface area contributed by atoms with E-state index in [0.29, 0.717) is 17.5 Å². The number of hydrogen-bond acceptors (Lipinski definition) is 6. The largest absolute Gasteiger partial charge is 0.469 e. The monoisotopic (exact) mass is 312 g/mol. The van der Waals surface area contributed by atoms with Crippen LogP contribution in [-0.2, 0) is 19.1 Å². The number of hydrogen-bond donors (Lipinski definition) is 0. The van der Waals surface area contributed by atoms with Crippen molar-refractivity contribution in [2.45, 2.75) is 18.4 Å². The molecule has 6 heteroatoms. The normalized spacial score (nSPS) is 27.3. The van der Waals surface area contributed by atoms with Crippen molar-refractivity contribution < 1.29 is 28.7 Å². The lowest BCUT2D eigenvalue weighted by atomic mass is 9.68. The number of rotatable bonds is 1. The van der Waals surface area contributed by atoms with Crippen LogP contribution >= 0.6 is 0 Å². The lowest BCUT2D eigenvalue weighted by Gasteiger charge is -2.42. The van der Waals surface area contributed by atoms with Crippen LogP contribution in [0.1, 0.15) is 50.3 Å². The van der Waals surface area contributed by atoms with Gasteiger partial charge in [-0.25, -0.2) is 0 Å². The fourth-order valence-corrected chi connectivity index (χ4v) is 3.73. The van der Waals surface area contributed by atoms with Crippen LogP contribution in [0.4, 0.5) is 0 Å². The van der Waals surface area contributed by atoms with Gasteiger partial charge in [-0.15, -0.1) is 0 Å². The van der Waals surface area contributed by atoms with Crippen molar-refractivity contribution in [3.05, 3.63) is 46.5 Å². The van der Waals surface area contributed by atoms with Gasteiger partial charge in [0, 0.05) is 17.5 Å². The van der Waals surface area contributed by atoms with E-state index in [1.807, 2.05) is 0 Å². The van der Waals surface area contributed by atoms with E-state index in [-0.39, 0.29) is 22.7 Å². The van der Waals surface area contributed by atoms with Crippen molar-refractivity contribution >= 4 is 23.5 Å². The first-order valence-corrected chi connectivity index (χ1v) is 7.24. The summed E-state index contributed by atoms with van der Waals surface area (Å²) >= 11 is 0. The van der Waals surface area contributed by atoms with E-state index < -0.39 is 29.9 Å². The molecular weight excluding hydrogens is 300 g/mol. The minimum absolute atomic E-state index is 0.218. The zero-order chi connectivity index (χ0) is 16.3. The van der Waals surface area contributed by atoms with E-state index in [9.17, 15) is 19.2 Å². The topological polar surface area (TPSA) is 86.7 Å². The molecule has 0 radical (unpaired) electrons. The van der Waals surface area contributed by atoms with Crippen molar-refractivity contribution in [1.29, 1.82) is 0 Å². The quantitative estimate of drug-likeness (QED) is 0.730. The molecule has 3 atom stereocenters. The Kier molecular flexibility index (Phi) is 2.78. The number of allylic oxidation sites excluding steroid dienone is 2. The maximum atomic E-state index is 12.3. The first-order chi connectivity index (χ1) is 11.0. The Hall–Kier alpha value is -2.76. The van der Waals surface area contributed by atoms with E-state index >= 15 is 0 Å². The highest BCUT2D eigenvalue weighted by Gasteiger charge is 2.52. The van der Waals surface area contributed by atoms with E-state index in [4.69, 9.17) is 9.47 Å². The van der Waals surface area contributed by atoms with Gasteiger partial charge in [-0.1, -0.05) is 6.07 Å². The second-order valence-corrected chi connectivity index (χ2v) is 5.82. The maximum Gasteiger partial charge on any atom is 0.314 e. The van der Waals surface area contributed by atoms with E-state index in [1.165, 1.54) is 19.3 Å². The third kappa shape index (κ3) is 1.75. The average Bonchev–Trinajstić information content (AvgIpc) is 2.56. The summed E-state index contributed by atoms with van der Waals surface area (Å²) < 4.78 is 10.1. The molecule has 0 N–H and O–H groups in total. The second kappa shape index (κ2) is 4.62. The van der Waals surface area contributed by atoms with Gasteiger partial charge in [0.1, 0.15) is 6.10 Å². The Morgan fingerprint density at radius 1 is 1.17 bits per heavy atom. The number of esters is 2. The Morgan fingerprint density at radius 2 is 1.91 bits per heavy atom. The van der Waals surface area contributed by atoms with E-state index in [1.54, 1.807) is 12.1 Å². The minimum Gasteiger partial charge on any atom is -0.469 e. The number of carbonyl (C=O) groups excluding carboxylic acids is 4. The molecule has 5 rings (SSSR count). The summed E-state index contributed by atoms with van der Waals surface area (Å²) in [6.45, 7) is 0. The molecule has 0 amide bonds. The number of carbonyl (C=O) groups is 4. The Balaban J connectivity index is 1.98. The Labute approximate surface area is 131 Å². The van der Waals surface area contributed by atoms with Gasteiger partial charge in [0.25, 0.3) is 0 Å². The second-order valence-electron chi connectivity index (χ2n) is 5.82. The summed E-state index contributed by atoms with van der Waals surface area (Å²) in [4.78, 5) is 48.7. The Bertz CT molecular complexity index is 819. The fourth-order valence-electron chi connectivity index (χ4n) is 3.73. The highest BCUT2D eigenvalue weighted by atomic mass is 16.6. The predicted octanol–water partition coefficient (Wildman–Crippen LogP) is 1.50. The molecule has 1 aromatic rings. The Morgan fingerprint density at radius 3 is 2.65 bits per heavy atom. The molecule has 2 aliphatic heterocycles. The summed E-state index contributed by atoms with van der Waals surface area (Å²) in [5.74, 6) is -3.27. The molecule has 2 heterocycles. The van der Waals surface area contributed by atoms with Crippen molar-refractivity contribution in [2.24, 2.45) is 5.92 Å². The molecule has 0 unspecified atom stereocenters. The molecular formula is C17H12O6. The minimum atomic E-state index is -0.902. The number of benzene rings is 1. The zero-order valence-electron chi connectivity index (χ0n) is 12.2. The molecule has 116 valence electrons. The summed E-state index contributed by atoms with van der Waals surface area (Å²) in [6, 6.07) is 3.29. The molecule has 2 bridgehead atoms. The summed E-state index contributed by atoms with van der Waals surface area (Å²) in [5.41, 5.74) is 1.63. The van der Waals surface area contributed by atoms with Crippen LogP contribution in [0.5, 0.6) is 0 Å². The van der Waals surface area contributed by atoms with Crippen LogP contribution in [0.25, 0.3) is 0 Å². The standard InChI is InChI=1S/C17H12O6/c1-22-16(20)9-6-12-8-3-2-7-10(18)4-5-11(19)13(7)14(8)15(9)17(21)23-12/h2-5,9,12,15H,6H2,1H3/t9-,12-,15+/m0/s1. The molecule has 0 spiro atoms. The van der Waals surface area contributed by atoms with Gasteiger partial charge in [-0.2, -0.15) is 0 Å². The van der Waals surface area contributed by atoms with Crippen LogP contribution in [0, 0.1) is 5.92 Å². The van der Waals surface area contributed by atoms with Gasteiger partial charge in [-0.05, 0) is 29.3 Å².